The van der Waals surface area contributed by atoms with Crippen molar-refractivity contribution < 1.29 is 18.4 Å². The van der Waals surface area contributed by atoms with Crippen LogP contribution in [0.15, 0.2) is 57.7 Å². The molecule has 0 N–H and O–H groups in total. The maximum atomic E-state index is 13.0. The van der Waals surface area contributed by atoms with Gasteiger partial charge in [0.2, 0.25) is 5.89 Å². The Bertz CT molecular complexity index is 1030. The number of nitrogens with zero attached hydrogens (tertiary/aromatic N) is 3. The minimum Gasteiger partial charge on any atom is -0.388 e. The van der Waals surface area contributed by atoms with Gasteiger partial charge in [0.05, 0.1) is 17.7 Å². The fourth-order valence-corrected chi connectivity index (χ4v) is 2.79. The second-order valence-electron chi connectivity index (χ2n) is 5.71. The minimum atomic E-state index is -0.721. The lowest BCUT2D eigenvalue weighted by Crippen LogP contribution is -2.34. The first-order valence-corrected chi connectivity index (χ1v) is 7.84. The predicted octanol–water partition coefficient (Wildman–Crippen LogP) is 1.94. The standard InChI is InChI=1S/C18H12FN3O4/c19-12-7-5-11(6-8-12)15-20-22(18(25)26-15)10-9-21-16(23)13-3-1-2-4-14(13)17(21)24/h1-8H,9-10H2. The lowest BCUT2D eigenvalue weighted by Gasteiger charge is -2.12. The van der Waals surface area contributed by atoms with Crippen LogP contribution < -0.4 is 5.76 Å². The summed E-state index contributed by atoms with van der Waals surface area (Å²) in [7, 11) is 0. The molecule has 3 aromatic rings. The maximum absolute atomic E-state index is 13.0. The van der Waals surface area contributed by atoms with Crippen molar-refractivity contribution in [1.82, 2.24) is 14.7 Å². The average Bonchev–Trinajstić information content (AvgIpc) is 3.13. The summed E-state index contributed by atoms with van der Waals surface area (Å²) in [5, 5.41) is 4.04. The summed E-state index contributed by atoms with van der Waals surface area (Å²) in [5.74, 6) is -1.90. The summed E-state index contributed by atoms with van der Waals surface area (Å²) < 4.78 is 19.1. The second-order valence-corrected chi connectivity index (χ2v) is 5.71. The van der Waals surface area contributed by atoms with Crippen LogP contribution in [0.2, 0.25) is 0 Å². The molecule has 0 saturated heterocycles. The van der Waals surface area contributed by atoms with Crippen molar-refractivity contribution in [2.24, 2.45) is 0 Å². The molecule has 130 valence electrons. The summed E-state index contributed by atoms with van der Waals surface area (Å²) >= 11 is 0. The third-order valence-electron chi connectivity index (χ3n) is 4.11. The Morgan fingerprint density at radius 3 is 2.12 bits per heavy atom. The van der Waals surface area contributed by atoms with Crippen LogP contribution in [0.25, 0.3) is 11.5 Å². The topological polar surface area (TPSA) is 85.4 Å². The summed E-state index contributed by atoms with van der Waals surface area (Å²) in [6.07, 6.45) is 0. The molecule has 0 radical (unpaired) electrons. The highest BCUT2D eigenvalue weighted by Crippen LogP contribution is 2.22. The molecule has 0 spiro atoms. The van der Waals surface area contributed by atoms with Gasteiger partial charge in [0, 0.05) is 12.1 Å². The monoisotopic (exact) mass is 353 g/mol. The number of carbonyl (C=O) groups excluding carboxylic acids is 2. The van der Waals surface area contributed by atoms with Crippen molar-refractivity contribution in [2.45, 2.75) is 6.54 Å². The number of rotatable bonds is 4. The number of imide groups is 1. The Morgan fingerprint density at radius 1 is 0.885 bits per heavy atom. The van der Waals surface area contributed by atoms with E-state index in [4.69, 9.17) is 4.42 Å². The van der Waals surface area contributed by atoms with Crippen molar-refractivity contribution in [3.05, 3.63) is 76.0 Å². The zero-order valence-corrected chi connectivity index (χ0v) is 13.4. The van der Waals surface area contributed by atoms with E-state index in [1.54, 1.807) is 24.3 Å². The van der Waals surface area contributed by atoms with E-state index in [-0.39, 0.29) is 19.0 Å². The first-order chi connectivity index (χ1) is 12.5. The van der Waals surface area contributed by atoms with Gasteiger partial charge < -0.3 is 4.42 Å². The molecule has 26 heavy (non-hydrogen) atoms. The fraction of sp³-hybridized carbons (Fsp3) is 0.111. The molecule has 1 aliphatic heterocycles. The van der Waals surface area contributed by atoms with Crippen LogP contribution in [-0.4, -0.2) is 33.0 Å². The second kappa shape index (κ2) is 6.07. The van der Waals surface area contributed by atoms with Crippen molar-refractivity contribution in [3.63, 3.8) is 0 Å². The molecule has 1 aromatic heterocycles. The third-order valence-corrected chi connectivity index (χ3v) is 4.11. The molecule has 0 bridgehead atoms. The Labute approximate surface area is 146 Å². The molecule has 8 heteroatoms. The molecule has 0 unspecified atom stereocenters. The molecule has 2 aromatic carbocycles. The molecule has 1 aliphatic rings. The van der Waals surface area contributed by atoms with Gasteiger partial charge in [0.1, 0.15) is 5.82 Å². The molecular formula is C18H12FN3O4. The largest absolute Gasteiger partial charge is 0.437 e. The summed E-state index contributed by atoms with van der Waals surface area (Å²) in [6, 6.07) is 11.9. The SMILES string of the molecule is O=C1c2ccccc2C(=O)N1CCn1nc(-c2ccc(F)cc2)oc1=O. The highest BCUT2D eigenvalue weighted by Gasteiger charge is 2.34. The van der Waals surface area contributed by atoms with Gasteiger partial charge in [-0.05, 0) is 36.4 Å². The minimum absolute atomic E-state index is 0.00496. The van der Waals surface area contributed by atoms with Gasteiger partial charge in [0.25, 0.3) is 11.8 Å². The van der Waals surface area contributed by atoms with Crippen LogP contribution in [0.1, 0.15) is 20.7 Å². The Kier molecular flexibility index (Phi) is 3.72. The molecule has 7 nitrogen and oxygen atoms in total. The first-order valence-electron chi connectivity index (χ1n) is 7.84. The van der Waals surface area contributed by atoms with E-state index in [9.17, 15) is 18.8 Å². The van der Waals surface area contributed by atoms with Gasteiger partial charge in [-0.15, -0.1) is 5.10 Å². The van der Waals surface area contributed by atoms with E-state index in [1.807, 2.05) is 0 Å². The lowest BCUT2D eigenvalue weighted by atomic mass is 10.1. The molecule has 4 rings (SSSR count). The van der Waals surface area contributed by atoms with Gasteiger partial charge in [0.15, 0.2) is 0 Å². The first kappa shape index (κ1) is 15.9. The zero-order chi connectivity index (χ0) is 18.3. The van der Waals surface area contributed by atoms with E-state index in [1.165, 1.54) is 24.3 Å². The van der Waals surface area contributed by atoms with Crippen LogP contribution in [0.5, 0.6) is 0 Å². The number of benzene rings is 2. The molecule has 0 atom stereocenters. The van der Waals surface area contributed by atoms with E-state index >= 15 is 0 Å². The Morgan fingerprint density at radius 2 is 1.50 bits per heavy atom. The molecule has 0 aliphatic carbocycles. The van der Waals surface area contributed by atoms with E-state index in [2.05, 4.69) is 5.10 Å². The smallest absolute Gasteiger partial charge is 0.388 e. The van der Waals surface area contributed by atoms with Crippen LogP contribution in [-0.2, 0) is 6.54 Å². The van der Waals surface area contributed by atoms with Gasteiger partial charge in [-0.3, -0.25) is 14.5 Å². The number of carbonyl (C=O) groups is 2. The van der Waals surface area contributed by atoms with Crippen molar-refractivity contribution in [2.75, 3.05) is 6.54 Å². The van der Waals surface area contributed by atoms with Crippen LogP contribution in [0.3, 0.4) is 0 Å². The number of halogens is 1. The molecule has 2 amide bonds. The number of fused-ring (bicyclic) bond motifs is 1. The number of hydrogen-bond donors (Lipinski definition) is 0. The zero-order valence-electron chi connectivity index (χ0n) is 13.4. The van der Waals surface area contributed by atoms with Gasteiger partial charge in [-0.25, -0.2) is 9.18 Å². The van der Waals surface area contributed by atoms with E-state index in [0.717, 1.165) is 9.58 Å². The van der Waals surface area contributed by atoms with Crippen molar-refractivity contribution >= 4 is 11.8 Å². The molecule has 2 heterocycles. The summed E-state index contributed by atoms with van der Waals surface area (Å²) in [5.41, 5.74) is 1.14. The average molecular weight is 353 g/mol. The van der Waals surface area contributed by atoms with Gasteiger partial charge >= 0.3 is 5.76 Å². The summed E-state index contributed by atoms with van der Waals surface area (Å²) in [6.45, 7) is -0.0172. The molecular weight excluding hydrogens is 341 g/mol. The van der Waals surface area contributed by atoms with Crippen LogP contribution in [0, 0.1) is 5.82 Å². The Balaban J connectivity index is 1.53. The highest BCUT2D eigenvalue weighted by atomic mass is 19.1. The number of aromatic nitrogens is 2. The van der Waals surface area contributed by atoms with E-state index < -0.39 is 23.4 Å². The Hall–Kier alpha value is -3.55. The van der Waals surface area contributed by atoms with Gasteiger partial charge in [-0.2, -0.15) is 4.68 Å². The van der Waals surface area contributed by atoms with Crippen molar-refractivity contribution in [1.29, 1.82) is 0 Å². The fourth-order valence-electron chi connectivity index (χ4n) is 2.79. The van der Waals surface area contributed by atoms with Crippen molar-refractivity contribution in [3.8, 4) is 11.5 Å². The summed E-state index contributed by atoms with van der Waals surface area (Å²) in [4.78, 5) is 37.6. The maximum Gasteiger partial charge on any atom is 0.437 e. The normalized spacial score (nSPS) is 13.3. The molecule has 0 fully saturated rings. The lowest BCUT2D eigenvalue weighted by molar-refractivity contribution is 0.0646. The number of hydrogen-bond acceptors (Lipinski definition) is 5. The quantitative estimate of drug-likeness (QED) is 0.669. The van der Waals surface area contributed by atoms with E-state index in [0.29, 0.717) is 16.7 Å². The number of amides is 2. The predicted molar refractivity (Wildman–Crippen MR) is 88.0 cm³/mol. The van der Waals surface area contributed by atoms with Crippen LogP contribution >= 0.6 is 0 Å². The van der Waals surface area contributed by atoms with Crippen LogP contribution in [0.4, 0.5) is 4.39 Å². The molecule has 0 saturated carbocycles. The third kappa shape index (κ3) is 2.61. The van der Waals surface area contributed by atoms with Gasteiger partial charge in [-0.1, -0.05) is 12.1 Å². The highest BCUT2D eigenvalue weighted by molar-refractivity contribution is 6.21.